The average Bonchev–Trinajstić information content (AvgIpc) is 2.87. The van der Waals surface area contributed by atoms with Crippen molar-refractivity contribution in [3.8, 4) is 0 Å². The minimum atomic E-state index is -0.460. The Morgan fingerprint density at radius 2 is 1.96 bits per heavy atom. The summed E-state index contributed by atoms with van der Waals surface area (Å²) in [7, 11) is 0. The van der Waals surface area contributed by atoms with Crippen LogP contribution in [0.3, 0.4) is 0 Å². The van der Waals surface area contributed by atoms with E-state index >= 15 is 0 Å². The van der Waals surface area contributed by atoms with Crippen molar-refractivity contribution in [3.05, 3.63) is 12.2 Å². The Hall–Kier alpha value is -0.380. The molecule has 2 unspecified atom stereocenters. The van der Waals surface area contributed by atoms with Gasteiger partial charge in [-0.1, -0.05) is 32.4 Å². The SMILES string of the molecule is C=C(CC(O)C1OC1(C)C)[C@@H]1C[C@@H](O)[C@@]2(C)[C@@H]1[C@@H]1[C@H](C)CC[C@@H]12. The zero-order valence-electron chi connectivity index (χ0n) is 15.0. The third-order valence-corrected chi connectivity index (χ3v) is 8.02. The first-order valence-corrected chi connectivity index (χ1v) is 9.39. The largest absolute Gasteiger partial charge is 0.393 e. The molecule has 23 heavy (non-hydrogen) atoms. The van der Waals surface area contributed by atoms with Gasteiger partial charge in [0.05, 0.1) is 17.8 Å². The average molecular weight is 320 g/mol. The van der Waals surface area contributed by atoms with Crippen molar-refractivity contribution < 1.29 is 14.9 Å². The van der Waals surface area contributed by atoms with Gasteiger partial charge in [-0.3, -0.25) is 0 Å². The molecular weight excluding hydrogens is 288 g/mol. The van der Waals surface area contributed by atoms with Crippen LogP contribution >= 0.6 is 0 Å². The minimum absolute atomic E-state index is 0.0588. The van der Waals surface area contributed by atoms with Crippen LogP contribution in [0.2, 0.25) is 0 Å². The van der Waals surface area contributed by atoms with Crippen molar-refractivity contribution in [1.82, 2.24) is 0 Å². The van der Waals surface area contributed by atoms with E-state index in [1.54, 1.807) is 0 Å². The molecule has 4 aliphatic rings. The van der Waals surface area contributed by atoms with Crippen molar-refractivity contribution in [2.75, 3.05) is 0 Å². The summed E-state index contributed by atoms with van der Waals surface area (Å²) in [4.78, 5) is 0. The molecule has 3 heteroatoms. The lowest BCUT2D eigenvalue weighted by molar-refractivity contribution is -0.143. The Balaban J connectivity index is 1.48. The number of ether oxygens (including phenoxy) is 1. The van der Waals surface area contributed by atoms with E-state index in [4.69, 9.17) is 4.74 Å². The fraction of sp³-hybridized carbons (Fsp3) is 0.900. The van der Waals surface area contributed by atoms with Crippen molar-refractivity contribution in [2.45, 2.75) is 77.3 Å². The first-order valence-electron chi connectivity index (χ1n) is 9.39. The lowest BCUT2D eigenvalue weighted by Crippen LogP contribution is -2.57. The molecule has 3 nitrogen and oxygen atoms in total. The summed E-state index contributed by atoms with van der Waals surface area (Å²) in [6, 6.07) is 0. The molecule has 4 rings (SSSR count). The second-order valence-corrected chi connectivity index (χ2v) is 9.56. The number of fused-ring (bicyclic) bond motifs is 4. The first-order chi connectivity index (χ1) is 10.7. The minimum Gasteiger partial charge on any atom is -0.393 e. The van der Waals surface area contributed by atoms with Gasteiger partial charge in [0.1, 0.15) is 6.10 Å². The van der Waals surface area contributed by atoms with Gasteiger partial charge in [-0.15, -0.1) is 0 Å². The fourth-order valence-electron chi connectivity index (χ4n) is 6.69. The molecular formula is C20H32O3. The van der Waals surface area contributed by atoms with Crippen LogP contribution in [0.25, 0.3) is 0 Å². The Kier molecular flexibility index (Phi) is 3.38. The van der Waals surface area contributed by atoms with Gasteiger partial charge in [-0.2, -0.15) is 0 Å². The summed E-state index contributed by atoms with van der Waals surface area (Å²) in [6.45, 7) is 13.1. The quantitative estimate of drug-likeness (QED) is 0.618. The molecule has 0 aromatic carbocycles. The molecule has 1 saturated heterocycles. The third kappa shape index (κ3) is 2.06. The van der Waals surface area contributed by atoms with E-state index in [-0.39, 0.29) is 23.2 Å². The smallest absolute Gasteiger partial charge is 0.113 e. The van der Waals surface area contributed by atoms with Crippen molar-refractivity contribution >= 4 is 0 Å². The van der Waals surface area contributed by atoms with E-state index in [0.29, 0.717) is 24.2 Å². The molecule has 2 N–H and O–H groups in total. The molecule has 0 aromatic rings. The number of rotatable bonds is 4. The van der Waals surface area contributed by atoms with Crippen LogP contribution < -0.4 is 0 Å². The Labute approximate surface area is 140 Å². The number of aliphatic hydroxyl groups excluding tert-OH is 2. The monoisotopic (exact) mass is 320 g/mol. The fourth-order valence-corrected chi connectivity index (χ4v) is 6.69. The second-order valence-electron chi connectivity index (χ2n) is 9.56. The topological polar surface area (TPSA) is 53.0 Å². The predicted octanol–water partition coefficient (Wildman–Crippen LogP) is 3.15. The Morgan fingerprint density at radius 1 is 1.30 bits per heavy atom. The van der Waals surface area contributed by atoms with Crippen molar-refractivity contribution in [2.24, 2.45) is 35.0 Å². The molecule has 0 amide bonds. The van der Waals surface area contributed by atoms with Crippen LogP contribution in [0, 0.1) is 35.0 Å². The summed E-state index contributed by atoms with van der Waals surface area (Å²) in [5.41, 5.74) is 1.03. The highest BCUT2D eigenvalue weighted by atomic mass is 16.6. The molecule has 130 valence electrons. The predicted molar refractivity (Wildman–Crippen MR) is 89.8 cm³/mol. The summed E-state index contributed by atoms with van der Waals surface area (Å²) >= 11 is 0. The number of aliphatic hydroxyl groups is 2. The molecule has 1 aliphatic heterocycles. The Bertz CT molecular complexity index is 527. The molecule has 4 fully saturated rings. The lowest BCUT2D eigenvalue weighted by atomic mass is 9.46. The van der Waals surface area contributed by atoms with Crippen LogP contribution in [-0.4, -0.2) is 34.1 Å². The standard InChI is InChI=1S/C20H32O3/c1-10-6-7-13-16(10)17-12(9-15(22)20(13,17)5)11(2)8-14(21)18-19(3,4)23-18/h10,12-18,21-22H,2,6-9H2,1,3-5H3/t10-,12+,13+,14?,15-,16-,17+,18?,20+/m1/s1. The number of hydrogen-bond donors (Lipinski definition) is 2. The van der Waals surface area contributed by atoms with E-state index in [9.17, 15) is 10.2 Å². The molecule has 0 aromatic heterocycles. The number of hydrogen-bond acceptors (Lipinski definition) is 3. The maximum Gasteiger partial charge on any atom is 0.113 e. The van der Waals surface area contributed by atoms with Crippen LogP contribution in [-0.2, 0) is 4.74 Å². The van der Waals surface area contributed by atoms with Gasteiger partial charge in [0.2, 0.25) is 0 Å². The summed E-state index contributed by atoms with van der Waals surface area (Å²) in [5.74, 6) is 3.16. The van der Waals surface area contributed by atoms with Gasteiger partial charge in [-0.05, 0) is 62.7 Å². The zero-order chi connectivity index (χ0) is 16.7. The van der Waals surface area contributed by atoms with Gasteiger partial charge < -0.3 is 14.9 Å². The molecule has 0 spiro atoms. The third-order valence-electron chi connectivity index (χ3n) is 8.02. The highest BCUT2D eigenvalue weighted by molar-refractivity contribution is 5.24. The highest BCUT2D eigenvalue weighted by Crippen LogP contribution is 2.73. The van der Waals surface area contributed by atoms with Crippen molar-refractivity contribution in [1.29, 1.82) is 0 Å². The summed E-state index contributed by atoms with van der Waals surface area (Å²) in [5, 5.41) is 21.2. The Morgan fingerprint density at radius 3 is 2.57 bits per heavy atom. The van der Waals surface area contributed by atoms with Crippen molar-refractivity contribution in [3.63, 3.8) is 0 Å². The maximum absolute atomic E-state index is 10.7. The van der Waals surface area contributed by atoms with Crippen LogP contribution in [0.15, 0.2) is 12.2 Å². The van der Waals surface area contributed by atoms with Crippen LogP contribution in [0.5, 0.6) is 0 Å². The van der Waals surface area contributed by atoms with Crippen LogP contribution in [0.1, 0.15) is 53.4 Å². The van der Waals surface area contributed by atoms with E-state index < -0.39 is 6.10 Å². The van der Waals surface area contributed by atoms with E-state index in [2.05, 4.69) is 20.4 Å². The highest BCUT2D eigenvalue weighted by Gasteiger charge is 2.70. The summed E-state index contributed by atoms with van der Waals surface area (Å²) < 4.78 is 5.58. The lowest BCUT2D eigenvalue weighted by Gasteiger charge is -2.58. The summed E-state index contributed by atoms with van der Waals surface area (Å²) in [6.07, 6.45) is 3.31. The number of epoxide rings is 1. The molecule has 3 aliphatic carbocycles. The zero-order valence-corrected chi connectivity index (χ0v) is 15.0. The van der Waals surface area contributed by atoms with Gasteiger partial charge in [0.25, 0.3) is 0 Å². The molecule has 0 bridgehead atoms. The maximum atomic E-state index is 10.7. The van der Waals surface area contributed by atoms with Crippen LogP contribution in [0.4, 0.5) is 0 Å². The molecule has 9 atom stereocenters. The van der Waals surface area contributed by atoms with E-state index in [1.807, 2.05) is 13.8 Å². The molecule has 3 saturated carbocycles. The first kappa shape index (κ1) is 16.1. The molecule has 1 heterocycles. The van der Waals surface area contributed by atoms with Gasteiger partial charge in [0.15, 0.2) is 0 Å². The van der Waals surface area contributed by atoms with E-state index in [0.717, 1.165) is 23.8 Å². The normalized spacial score (nSPS) is 54.1. The second kappa shape index (κ2) is 4.83. The van der Waals surface area contributed by atoms with Gasteiger partial charge >= 0.3 is 0 Å². The van der Waals surface area contributed by atoms with Gasteiger partial charge in [-0.25, -0.2) is 0 Å². The van der Waals surface area contributed by atoms with Gasteiger partial charge in [0, 0.05) is 5.41 Å². The van der Waals surface area contributed by atoms with E-state index in [1.165, 1.54) is 12.8 Å². The molecule has 0 radical (unpaired) electrons.